The van der Waals surface area contributed by atoms with Gasteiger partial charge in [-0.2, -0.15) is 4.98 Å². The number of ether oxygens (including phenoxy) is 1. The van der Waals surface area contributed by atoms with Gasteiger partial charge < -0.3 is 15.0 Å². The summed E-state index contributed by atoms with van der Waals surface area (Å²) in [7, 11) is 1.68. The van der Waals surface area contributed by atoms with Crippen molar-refractivity contribution in [1.29, 1.82) is 0 Å². The lowest BCUT2D eigenvalue weighted by Gasteiger charge is -2.12. The van der Waals surface area contributed by atoms with Crippen molar-refractivity contribution in [2.45, 2.75) is 60.5 Å². The van der Waals surface area contributed by atoms with E-state index in [0.29, 0.717) is 36.7 Å². The van der Waals surface area contributed by atoms with Crippen LogP contribution in [0.15, 0.2) is 65.2 Å². The number of nitrogens with two attached hydrogens (primary N) is 1. The maximum atomic E-state index is 13.8. The number of hydrogen-bond donors (Lipinski definition) is 1. The first-order chi connectivity index (χ1) is 18.4. The number of halogens is 1. The van der Waals surface area contributed by atoms with Gasteiger partial charge in [-0.15, -0.1) is 0 Å². The zero-order valence-corrected chi connectivity index (χ0v) is 23.2. The van der Waals surface area contributed by atoms with Crippen LogP contribution in [0.3, 0.4) is 0 Å². The maximum absolute atomic E-state index is 13.8. The normalized spacial score (nSPS) is 10.2. The molecule has 3 aromatic carbocycles. The summed E-state index contributed by atoms with van der Waals surface area (Å²) in [4.78, 5) is 14.4. The van der Waals surface area contributed by atoms with Gasteiger partial charge in [0, 0.05) is 24.7 Å². The van der Waals surface area contributed by atoms with Crippen LogP contribution in [0.4, 0.5) is 4.39 Å². The minimum atomic E-state index is -0.221. The number of rotatable bonds is 8. The highest BCUT2D eigenvalue weighted by Gasteiger charge is 2.15. The van der Waals surface area contributed by atoms with Gasteiger partial charge in [-0.25, -0.2) is 4.39 Å². The Bertz CT molecular complexity index is 1320. The molecule has 0 aliphatic heterocycles. The molecular formula is C31H38FN3O3. The molecule has 1 amide bonds. The summed E-state index contributed by atoms with van der Waals surface area (Å²) in [6.07, 6.45) is 1.97. The molecule has 7 heteroatoms. The standard InChI is InChI=1S/C25H23FN2O2.C4H9NO.C2H6/c1-4-17-13-18(10-12-23(17)26)24-27-25(30-28-24)19-9-11-22(20(14-19)15-29-3)21-8-6-5-7-16(21)2;1-2-3-4(5)6;1-2/h5-14H,4,15H2,1-3H3;2-3H2,1H3,(H2,5,6);1-2H3. The average molecular weight is 520 g/mol. The Labute approximate surface area is 225 Å². The average Bonchev–Trinajstić information content (AvgIpc) is 3.41. The number of hydrogen-bond acceptors (Lipinski definition) is 5. The summed E-state index contributed by atoms with van der Waals surface area (Å²) in [6.45, 7) is 10.4. The summed E-state index contributed by atoms with van der Waals surface area (Å²) in [6, 6.07) is 19.2. The molecule has 1 aromatic heterocycles. The van der Waals surface area contributed by atoms with Gasteiger partial charge in [-0.3, -0.25) is 4.79 Å². The van der Waals surface area contributed by atoms with E-state index in [4.69, 9.17) is 15.0 Å². The molecule has 4 rings (SSSR count). The number of primary amides is 1. The van der Waals surface area contributed by atoms with Crippen LogP contribution in [0.1, 0.15) is 57.2 Å². The third kappa shape index (κ3) is 8.08. The number of carbonyl (C=O) groups excluding carboxylic acids is 1. The highest BCUT2D eigenvalue weighted by atomic mass is 19.1. The molecule has 0 aliphatic rings. The van der Waals surface area contributed by atoms with Crippen LogP contribution >= 0.6 is 0 Å². The van der Waals surface area contributed by atoms with Gasteiger partial charge in [0.1, 0.15) is 5.82 Å². The maximum Gasteiger partial charge on any atom is 0.258 e. The predicted octanol–water partition coefficient (Wildman–Crippen LogP) is 7.52. The quantitative estimate of drug-likeness (QED) is 0.260. The van der Waals surface area contributed by atoms with Crippen LogP contribution in [0.5, 0.6) is 0 Å². The summed E-state index contributed by atoms with van der Waals surface area (Å²) >= 11 is 0. The number of methoxy groups -OCH3 is 1. The Morgan fingerprint density at radius 2 is 1.66 bits per heavy atom. The molecular weight excluding hydrogens is 481 g/mol. The molecule has 0 radical (unpaired) electrons. The molecule has 0 aliphatic carbocycles. The van der Waals surface area contributed by atoms with E-state index in [-0.39, 0.29) is 11.7 Å². The predicted molar refractivity (Wildman–Crippen MR) is 151 cm³/mol. The zero-order chi connectivity index (χ0) is 28.1. The number of aryl methyl sites for hydroxylation is 2. The number of benzene rings is 3. The lowest BCUT2D eigenvalue weighted by molar-refractivity contribution is -0.118. The van der Waals surface area contributed by atoms with Gasteiger partial charge in [-0.1, -0.05) is 63.2 Å². The molecule has 202 valence electrons. The molecule has 1 heterocycles. The van der Waals surface area contributed by atoms with Crippen molar-refractivity contribution in [2.24, 2.45) is 5.73 Å². The molecule has 0 bridgehead atoms. The second kappa shape index (κ2) is 15.4. The minimum absolute atomic E-state index is 0.211. The van der Waals surface area contributed by atoms with Gasteiger partial charge >= 0.3 is 0 Å². The van der Waals surface area contributed by atoms with Crippen LogP contribution < -0.4 is 5.73 Å². The Balaban J connectivity index is 0.000000560. The lowest BCUT2D eigenvalue weighted by atomic mass is 9.94. The largest absolute Gasteiger partial charge is 0.380 e. The zero-order valence-electron chi connectivity index (χ0n) is 23.2. The van der Waals surface area contributed by atoms with Gasteiger partial charge in [0.25, 0.3) is 5.89 Å². The molecule has 4 aromatic rings. The van der Waals surface area contributed by atoms with Crippen molar-refractivity contribution in [2.75, 3.05) is 7.11 Å². The van der Waals surface area contributed by atoms with Gasteiger partial charge in [0.15, 0.2) is 0 Å². The van der Waals surface area contributed by atoms with Crippen LogP contribution in [0.2, 0.25) is 0 Å². The Morgan fingerprint density at radius 1 is 0.974 bits per heavy atom. The molecule has 0 unspecified atom stereocenters. The number of nitrogens with zero attached hydrogens (tertiary/aromatic N) is 2. The Kier molecular flexibility index (Phi) is 12.3. The third-order valence-electron chi connectivity index (χ3n) is 5.69. The van der Waals surface area contributed by atoms with Gasteiger partial charge in [0.2, 0.25) is 11.7 Å². The fourth-order valence-electron chi connectivity index (χ4n) is 3.83. The molecule has 0 saturated heterocycles. The molecule has 38 heavy (non-hydrogen) atoms. The van der Waals surface area contributed by atoms with E-state index in [0.717, 1.165) is 28.7 Å². The fourth-order valence-corrected chi connectivity index (χ4v) is 3.83. The number of carbonyl (C=O) groups is 1. The second-order valence-electron chi connectivity index (χ2n) is 8.42. The van der Waals surface area contributed by atoms with E-state index in [1.165, 1.54) is 17.2 Å². The first kappa shape index (κ1) is 30.4. The highest BCUT2D eigenvalue weighted by Crippen LogP contribution is 2.32. The van der Waals surface area contributed by atoms with E-state index in [9.17, 15) is 9.18 Å². The SMILES string of the molecule is CC.CCCC(N)=O.CCc1cc(-c2noc(-c3ccc(-c4ccccc4C)c(COC)c3)n2)ccc1F. The number of aromatic nitrogens is 2. The van der Waals surface area contributed by atoms with Crippen LogP contribution in [0.25, 0.3) is 34.0 Å². The highest BCUT2D eigenvalue weighted by molar-refractivity contribution is 5.74. The number of amides is 1. The molecule has 6 nitrogen and oxygen atoms in total. The molecule has 2 N–H and O–H groups in total. The summed E-state index contributed by atoms with van der Waals surface area (Å²) in [5.74, 6) is 0.426. The summed E-state index contributed by atoms with van der Waals surface area (Å²) in [5, 5.41) is 4.10. The second-order valence-corrected chi connectivity index (χ2v) is 8.42. The van der Waals surface area contributed by atoms with Crippen molar-refractivity contribution in [1.82, 2.24) is 10.1 Å². The Morgan fingerprint density at radius 3 is 2.26 bits per heavy atom. The van der Waals surface area contributed by atoms with E-state index < -0.39 is 0 Å². The lowest BCUT2D eigenvalue weighted by Crippen LogP contribution is -2.08. The monoisotopic (exact) mass is 519 g/mol. The molecule has 0 fully saturated rings. The molecule has 0 spiro atoms. The first-order valence-electron chi connectivity index (χ1n) is 13.0. The minimum Gasteiger partial charge on any atom is -0.380 e. The van der Waals surface area contributed by atoms with Crippen molar-refractivity contribution in [3.05, 3.63) is 83.2 Å². The topological polar surface area (TPSA) is 91.2 Å². The smallest absolute Gasteiger partial charge is 0.258 e. The van der Waals surface area contributed by atoms with E-state index in [2.05, 4.69) is 35.3 Å². The van der Waals surface area contributed by atoms with Crippen molar-refractivity contribution in [3.63, 3.8) is 0 Å². The van der Waals surface area contributed by atoms with E-state index in [1.807, 2.05) is 52.0 Å². The van der Waals surface area contributed by atoms with Crippen LogP contribution in [0, 0.1) is 12.7 Å². The van der Waals surface area contributed by atoms with E-state index in [1.54, 1.807) is 19.2 Å². The van der Waals surface area contributed by atoms with Gasteiger partial charge in [-0.05, 0) is 77.9 Å². The molecule has 0 atom stereocenters. The van der Waals surface area contributed by atoms with Gasteiger partial charge in [0.05, 0.1) is 6.61 Å². The van der Waals surface area contributed by atoms with Crippen molar-refractivity contribution >= 4 is 5.91 Å². The Hall–Kier alpha value is -3.84. The van der Waals surface area contributed by atoms with Crippen molar-refractivity contribution in [3.8, 4) is 34.0 Å². The van der Waals surface area contributed by atoms with Crippen LogP contribution in [-0.2, 0) is 22.6 Å². The molecule has 0 saturated carbocycles. The third-order valence-corrected chi connectivity index (χ3v) is 5.69. The van der Waals surface area contributed by atoms with Crippen LogP contribution in [-0.4, -0.2) is 23.2 Å². The first-order valence-corrected chi connectivity index (χ1v) is 13.0. The summed E-state index contributed by atoms with van der Waals surface area (Å²) < 4.78 is 24.7. The van der Waals surface area contributed by atoms with Crippen molar-refractivity contribution < 1.29 is 18.4 Å². The summed E-state index contributed by atoms with van der Waals surface area (Å²) in [5.41, 5.74) is 11.5. The fraction of sp³-hybridized carbons (Fsp3) is 0.323. The van der Waals surface area contributed by atoms with E-state index >= 15 is 0 Å².